The van der Waals surface area contributed by atoms with E-state index in [1.54, 1.807) is 12.1 Å². The predicted molar refractivity (Wildman–Crippen MR) is 35.9 cm³/mol. The Hall–Kier alpha value is -1.85. The molecule has 0 unspecified atom stereocenters. The van der Waals surface area contributed by atoms with Gasteiger partial charge >= 0.3 is 0 Å². The molecular weight excluding hydrogens is 142 g/mol. The molecule has 0 fully saturated rings. The monoisotopic (exact) mass is 147 g/mol. The van der Waals surface area contributed by atoms with Gasteiger partial charge in [0.05, 0.1) is 6.54 Å². The highest BCUT2D eigenvalue weighted by Crippen LogP contribution is 2.01. The van der Waals surface area contributed by atoms with Crippen LogP contribution in [0.15, 0.2) is 0 Å². The van der Waals surface area contributed by atoms with Crippen LogP contribution < -0.4 is 5.73 Å². The molecule has 0 aliphatic rings. The molecule has 5 heteroatoms. The van der Waals surface area contributed by atoms with E-state index in [4.69, 9.17) is 16.3 Å². The highest BCUT2D eigenvalue weighted by atomic mass is 15.0. The molecule has 0 radical (unpaired) electrons. The Morgan fingerprint density at radius 2 is 2.18 bits per heavy atom. The van der Waals surface area contributed by atoms with Crippen molar-refractivity contribution in [1.82, 2.24) is 9.97 Å². The summed E-state index contributed by atoms with van der Waals surface area (Å²) >= 11 is 0. The molecule has 5 nitrogen and oxygen atoms in total. The Bertz CT molecular complexity index is 305. The molecule has 0 aromatic carbocycles. The van der Waals surface area contributed by atoms with Crippen molar-refractivity contribution in [2.24, 2.45) is 5.73 Å². The maximum atomic E-state index is 8.45. The Kier molecular flexibility index (Phi) is 1.86. The van der Waals surface area contributed by atoms with Gasteiger partial charge in [0, 0.05) is 0 Å². The topological polar surface area (TPSA) is 102 Å². The van der Waals surface area contributed by atoms with Crippen LogP contribution in [0.25, 0.3) is 0 Å². The SMILES string of the molecule is N#Cc1nc(CN)[nH]c1C#N. The highest BCUT2D eigenvalue weighted by Gasteiger charge is 2.06. The fourth-order valence-corrected chi connectivity index (χ4v) is 0.681. The van der Waals surface area contributed by atoms with Crippen molar-refractivity contribution < 1.29 is 0 Å². The van der Waals surface area contributed by atoms with E-state index in [1.807, 2.05) is 0 Å². The lowest BCUT2D eigenvalue weighted by atomic mass is 10.4. The third-order valence-electron chi connectivity index (χ3n) is 1.16. The largest absolute Gasteiger partial charge is 0.332 e. The molecule has 0 spiro atoms. The summed E-state index contributed by atoms with van der Waals surface area (Å²) in [7, 11) is 0. The van der Waals surface area contributed by atoms with E-state index in [9.17, 15) is 0 Å². The van der Waals surface area contributed by atoms with Crippen LogP contribution >= 0.6 is 0 Å². The Morgan fingerprint density at radius 3 is 2.55 bits per heavy atom. The summed E-state index contributed by atoms with van der Waals surface area (Å²) in [4.78, 5) is 6.37. The number of hydrogen-bond donors (Lipinski definition) is 2. The number of imidazole rings is 1. The minimum absolute atomic E-state index is 0.105. The lowest BCUT2D eigenvalue weighted by Gasteiger charge is -1.81. The van der Waals surface area contributed by atoms with Crippen LogP contribution in [0.2, 0.25) is 0 Å². The van der Waals surface area contributed by atoms with Crippen LogP contribution in [-0.4, -0.2) is 9.97 Å². The number of H-pyrrole nitrogens is 1. The van der Waals surface area contributed by atoms with E-state index in [1.165, 1.54) is 0 Å². The molecule has 1 heterocycles. The summed E-state index contributed by atoms with van der Waals surface area (Å²) in [6, 6.07) is 3.59. The second-order valence-corrected chi connectivity index (χ2v) is 1.83. The summed E-state index contributed by atoms with van der Waals surface area (Å²) in [5.41, 5.74) is 5.51. The predicted octanol–water partition coefficient (Wildman–Crippen LogP) is -0.388. The van der Waals surface area contributed by atoms with Gasteiger partial charge in [0.25, 0.3) is 0 Å². The van der Waals surface area contributed by atoms with Gasteiger partial charge in [-0.05, 0) is 0 Å². The first-order valence-electron chi connectivity index (χ1n) is 2.91. The van der Waals surface area contributed by atoms with E-state index < -0.39 is 0 Å². The van der Waals surface area contributed by atoms with Gasteiger partial charge in [-0.15, -0.1) is 0 Å². The summed E-state index contributed by atoms with van der Waals surface area (Å²) in [6.07, 6.45) is 0. The number of aromatic nitrogens is 2. The minimum Gasteiger partial charge on any atom is -0.332 e. The lowest BCUT2D eigenvalue weighted by Crippen LogP contribution is -1.97. The quantitative estimate of drug-likeness (QED) is 0.564. The molecule has 0 atom stereocenters. The molecule has 0 aliphatic heterocycles. The molecule has 0 bridgehead atoms. The van der Waals surface area contributed by atoms with E-state index in [0.29, 0.717) is 5.82 Å². The summed E-state index contributed by atoms with van der Waals surface area (Å²) in [5, 5.41) is 16.9. The second kappa shape index (κ2) is 2.82. The Morgan fingerprint density at radius 1 is 1.45 bits per heavy atom. The average molecular weight is 147 g/mol. The van der Waals surface area contributed by atoms with Gasteiger partial charge in [-0.25, -0.2) is 4.98 Å². The van der Waals surface area contributed by atoms with Gasteiger partial charge in [-0.2, -0.15) is 10.5 Å². The normalized spacial score (nSPS) is 8.64. The molecule has 0 saturated heterocycles. The van der Waals surface area contributed by atoms with Crippen LogP contribution in [0.3, 0.4) is 0 Å². The molecular formula is C6H5N5. The van der Waals surface area contributed by atoms with Crippen molar-refractivity contribution in [2.75, 3.05) is 0 Å². The molecule has 3 N–H and O–H groups in total. The van der Waals surface area contributed by atoms with E-state index in [2.05, 4.69) is 9.97 Å². The zero-order valence-corrected chi connectivity index (χ0v) is 5.63. The Labute approximate surface area is 63.1 Å². The van der Waals surface area contributed by atoms with Crippen molar-refractivity contribution in [3.63, 3.8) is 0 Å². The van der Waals surface area contributed by atoms with Crippen LogP contribution in [0.5, 0.6) is 0 Å². The van der Waals surface area contributed by atoms with Crippen molar-refractivity contribution in [1.29, 1.82) is 10.5 Å². The summed E-state index contributed by atoms with van der Waals surface area (Å²) < 4.78 is 0. The number of nitrogens with one attached hydrogen (secondary N) is 1. The van der Waals surface area contributed by atoms with Crippen LogP contribution in [-0.2, 0) is 6.54 Å². The smallest absolute Gasteiger partial charge is 0.176 e. The zero-order chi connectivity index (χ0) is 8.27. The van der Waals surface area contributed by atoms with Crippen molar-refractivity contribution in [3.05, 3.63) is 17.2 Å². The maximum absolute atomic E-state index is 8.45. The van der Waals surface area contributed by atoms with Gasteiger partial charge in [0.2, 0.25) is 0 Å². The van der Waals surface area contributed by atoms with Crippen molar-refractivity contribution in [2.45, 2.75) is 6.54 Å². The van der Waals surface area contributed by atoms with Crippen molar-refractivity contribution in [3.8, 4) is 12.1 Å². The van der Waals surface area contributed by atoms with Gasteiger partial charge < -0.3 is 10.7 Å². The van der Waals surface area contributed by atoms with Gasteiger partial charge in [0.1, 0.15) is 18.0 Å². The van der Waals surface area contributed by atoms with E-state index >= 15 is 0 Å². The average Bonchev–Trinajstić information content (AvgIpc) is 2.46. The van der Waals surface area contributed by atoms with E-state index in [0.717, 1.165) is 0 Å². The lowest BCUT2D eigenvalue weighted by molar-refractivity contribution is 0.945. The van der Waals surface area contributed by atoms with Crippen LogP contribution in [0.1, 0.15) is 17.2 Å². The first kappa shape index (κ1) is 7.26. The number of rotatable bonds is 1. The third kappa shape index (κ3) is 1.18. The number of hydrogen-bond acceptors (Lipinski definition) is 4. The maximum Gasteiger partial charge on any atom is 0.176 e. The molecule has 1 aromatic heterocycles. The van der Waals surface area contributed by atoms with Crippen LogP contribution in [0.4, 0.5) is 0 Å². The summed E-state index contributed by atoms with van der Waals surface area (Å²) in [5.74, 6) is 0.457. The van der Waals surface area contributed by atoms with E-state index in [-0.39, 0.29) is 17.9 Å². The van der Waals surface area contributed by atoms with Crippen LogP contribution in [0, 0.1) is 22.7 Å². The number of nitriles is 2. The summed E-state index contributed by atoms with van der Waals surface area (Å²) in [6.45, 7) is 0.205. The molecule has 54 valence electrons. The molecule has 0 amide bonds. The Balaban J connectivity index is 3.18. The molecule has 1 aromatic rings. The fraction of sp³-hybridized carbons (Fsp3) is 0.167. The van der Waals surface area contributed by atoms with Crippen molar-refractivity contribution >= 4 is 0 Å². The highest BCUT2D eigenvalue weighted by molar-refractivity contribution is 5.36. The third-order valence-corrected chi connectivity index (χ3v) is 1.16. The molecule has 0 saturated carbocycles. The first-order valence-corrected chi connectivity index (χ1v) is 2.91. The number of nitrogens with two attached hydrogens (primary N) is 1. The molecule has 0 aliphatic carbocycles. The van der Waals surface area contributed by atoms with Gasteiger partial charge in [-0.3, -0.25) is 0 Å². The van der Waals surface area contributed by atoms with Gasteiger partial charge in [0.15, 0.2) is 11.4 Å². The second-order valence-electron chi connectivity index (χ2n) is 1.83. The first-order chi connectivity index (χ1) is 5.31. The van der Waals surface area contributed by atoms with Gasteiger partial charge in [-0.1, -0.05) is 0 Å². The minimum atomic E-state index is 0.105. The zero-order valence-electron chi connectivity index (χ0n) is 5.63. The number of aromatic amines is 1. The number of nitrogens with zero attached hydrogens (tertiary/aromatic N) is 3. The molecule has 11 heavy (non-hydrogen) atoms. The molecule has 1 rings (SSSR count). The standard InChI is InChI=1S/C6H5N5/c7-1-4-5(2-8)11-6(3-9)10-4/h3,9H2,(H,10,11). The fourth-order valence-electron chi connectivity index (χ4n) is 0.681.